The summed E-state index contributed by atoms with van der Waals surface area (Å²) in [5.41, 5.74) is 1.88. The van der Waals surface area contributed by atoms with Crippen LogP contribution in [-0.2, 0) is 0 Å². The molecule has 0 bridgehead atoms. The van der Waals surface area contributed by atoms with Crippen LogP contribution >= 0.6 is 11.3 Å². The predicted octanol–water partition coefficient (Wildman–Crippen LogP) is 3.99. The third-order valence-corrected chi connectivity index (χ3v) is 3.97. The van der Waals surface area contributed by atoms with E-state index < -0.39 is 0 Å². The molecule has 0 aliphatic heterocycles. The van der Waals surface area contributed by atoms with Gasteiger partial charge in [0, 0.05) is 10.4 Å². The first kappa shape index (κ1) is 12.8. The molecule has 1 heterocycles. The highest BCUT2D eigenvalue weighted by molar-refractivity contribution is 7.14. The van der Waals surface area contributed by atoms with Crippen LogP contribution in [0.2, 0.25) is 0 Å². The van der Waals surface area contributed by atoms with Gasteiger partial charge in [-0.25, -0.2) is 0 Å². The Labute approximate surface area is 111 Å². The second-order valence-electron chi connectivity index (χ2n) is 4.14. The van der Waals surface area contributed by atoms with Crippen molar-refractivity contribution in [1.29, 1.82) is 0 Å². The van der Waals surface area contributed by atoms with Crippen LogP contribution in [0.15, 0.2) is 30.3 Å². The largest absolute Gasteiger partial charge is 0.494 e. The van der Waals surface area contributed by atoms with Crippen LogP contribution in [0.1, 0.15) is 32.6 Å². The predicted molar refractivity (Wildman–Crippen MR) is 74.8 cm³/mol. The summed E-state index contributed by atoms with van der Waals surface area (Å²) in [6.45, 7) is 6.64. The van der Waals surface area contributed by atoms with Crippen molar-refractivity contribution in [2.24, 2.45) is 0 Å². The molecule has 0 amide bonds. The van der Waals surface area contributed by atoms with Gasteiger partial charge >= 0.3 is 0 Å². The van der Waals surface area contributed by atoms with Gasteiger partial charge in [-0.2, -0.15) is 0 Å². The highest BCUT2D eigenvalue weighted by Crippen LogP contribution is 2.24. The molecule has 0 radical (unpaired) electrons. The Hall–Kier alpha value is -1.61. The summed E-state index contributed by atoms with van der Waals surface area (Å²) in [6.07, 6.45) is 0. The standard InChI is InChI=1S/C15H16O2S/c1-4-17-13-7-5-12(6-8-13)15(16)14-9-10(2)11(3)18-14/h5-9H,4H2,1-3H3. The lowest BCUT2D eigenvalue weighted by molar-refractivity contribution is 0.104. The van der Waals surface area contributed by atoms with Crippen molar-refractivity contribution < 1.29 is 9.53 Å². The molecule has 0 fully saturated rings. The second-order valence-corrected chi connectivity index (χ2v) is 5.39. The number of ether oxygens (including phenoxy) is 1. The number of carbonyl (C=O) groups excluding carboxylic acids is 1. The minimum absolute atomic E-state index is 0.0826. The smallest absolute Gasteiger partial charge is 0.202 e. The molecule has 2 nitrogen and oxygen atoms in total. The van der Waals surface area contributed by atoms with Crippen molar-refractivity contribution in [1.82, 2.24) is 0 Å². The molecular weight excluding hydrogens is 244 g/mol. The minimum atomic E-state index is 0.0826. The van der Waals surface area contributed by atoms with Crippen LogP contribution in [0, 0.1) is 13.8 Å². The van der Waals surface area contributed by atoms with E-state index in [-0.39, 0.29) is 5.78 Å². The van der Waals surface area contributed by atoms with Crippen LogP contribution in [0.4, 0.5) is 0 Å². The molecule has 94 valence electrons. The molecule has 1 aromatic heterocycles. The number of carbonyl (C=O) groups is 1. The SMILES string of the molecule is CCOc1ccc(C(=O)c2cc(C)c(C)s2)cc1. The van der Waals surface area contributed by atoms with Gasteiger partial charge in [0.15, 0.2) is 0 Å². The molecule has 0 aliphatic carbocycles. The lowest BCUT2D eigenvalue weighted by Gasteiger charge is -2.03. The third-order valence-electron chi connectivity index (χ3n) is 2.82. The maximum atomic E-state index is 12.3. The number of benzene rings is 1. The van der Waals surface area contributed by atoms with E-state index >= 15 is 0 Å². The van der Waals surface area contributed by atoms with E-state index in [1.54, 1.807) is 11.3 Å². The van der Waals surface area contributed by atoms with E-state index in [4.69, 9.17) is 4.74 Å². The number of hydrogen-bond donors (Lipinski definition) is 0. The molecular formula is C15H16O2S. The van der Waals surface area contributed by atoms with Crippen molar-refractivity contribution in [2.45, 2.75) is 20.8 Å². The van der Waals surface area contributed by atoms with Gasteiger partial charge in [-0.3, -0.25) is 4.79 Å². The summed E-state index contributed by atoms with van der Waals surface area (Å²) in [7, 11) is 0. The van der Waals surface area contributed by atoms with Gasteiger partial charge in [-0.1, -0.05) is 0 Å². The maximum absolute atomic E-state index is 12.3. The first-order valence-electron chi connectivity index (χ1n) is 5.96. The van der Waals surface area contributed by atoms with Crippen molar-refractivity contribution in [2.75, 3.05) is 6.61 Å². The highest BCUT2D eigenvalue weighted by Gasteiger charge is 2.12. The number of hydrogen-bond acceptors (Lipinski definition) is 3. The molecule has 0 saturated heterocycles. The van der Waals surface area contributed by atoms with E-state index in [9.17, 15) is 4.79 Å². The van der Waals surface area contributed by atoms with E-state index in [0.29, 0.717) is 12.2 Å². The zero-order chi connectivity index (χ0) is 13.1. The molecule has 2 aromatic rings. The van der Waals surface area contributed by atoms with Gasteiger partial charge in [-0.15, -0.1) is 11.3 Å². The fraction of sp³-hybridized carbons (Fsp3) is 0.267. The lowest BCUT2D eigenvalue weighted by atomic mass is 10.1. The number of rotatable bonds is 4. The first-order chi connectivity index (χ1) is 8.61. The maximum Gasteiger partial charge on any atom is 0.202 e. The van der Waals surface area contributed by atoms with Crippen LogP contribution in [0.5, 0.6) is 5.75 Å². The van der Waals surface area contributed by atoms with E-state index in [1.165, 1.54) is 10.4 Å². The molecule has 0 spiro atoms. The summed E-state index contributed by atoms with van der Waals surface area (Å²) in [5.74, 6) is 0.881. The van der Waals surface area contributed by atoms with Gasteiger partial charge < -0.3 is 4.74 Å². The Morgan fingerprint density at radius 2 is 1.89 bits per heavy atom. The van der Waals surface area contributed by atoms with E-state index in [0.717, 1.165) is 10.6 Å². The van der Waals surface area contributed by atoms with Crippen LogP contribution in [-0.4, -0.2) is 12.4 Å². The number of aryl methyl sites for hydroxylation is 2. The van der Waals surface area contributed by atoms with Crippen molar-refractivity contribution in [3.63, 3.8) is 0 Å². The van der Waals surface area contributed by atoms with Gasteiger partial charge in [-0.05, 0) is 56.7 Å². The fourth-order valence-electron chi connectivity index (χ4n) is 1.70. The molecule has 0 N–H and O–H groups in total. The van der Waals surface area contributed by atoms with Gasteiger partial charge in [0.05, 0.1) is 11.5 Å². The molecule has 2 rings (SSSR count). The Kier molecular flexibility index (Phi) is 3.82. The molecule has 0 atom stereocenters. The van der Waals surface area contributed by atoms with Gasteiger partial charge in [0.1, 0.15) is 5.75 Å². The summed E-state index contributed by atoms with van der Waals surface area (Å²) in [4.78, 5) is 14.2. The summed E-state index contributed by atoms with van der Waals surface area (Å²) in [6, 6.07) is 9.27. The lowest BCUT2D eigenvalue weighted by Crippen LogP contribution is -1.99. The second kappa shape index (κ2) is 5.36. The van der Waals surface area contributed by atoms with E-state index in [1.807, 2.05) is 51.1 Å². The Balaban J connectivity index is 2.23. The highest BCUT2D eigenvalue weighted by atomic mass is 32.1. The normalized spacial score (nSPS) is 10.4. The van der Waals surface area contributed by atoms with Gasteiger partial charge in [0.2, 0.25) is 5.78 Å². The van der Waals surface area contributed by atoms with Crippen molar-refractivity contribution >= 4 is 17.1 Å². The minimum Gasteiger partial charge on any atom is -0.494 e. The van der Waals surface area contributed by atoms with Gasteiger partial charge in [0.25, 0.3) is 0 Å². The Morgan fingerprint density at radius 1 is 1.22 bits per heavy atom. The molecule has 0 aliphatic rings. The van der Waals surface area contributed by atoms with Crippen molar-refractivity contribution in [3.05, 3.63) is 51.2 Å². The van der Waals surface area contributed by atoms with Crippen molar-refractivity contribution in [3.8, 4) is 5.75 Å². The molecule has 0 saturated carbocycles. The summed E-state index contributed by atoms with van der Waals surface area (Å²) < 4.78 is 5.36. The van der Waals surface area contributed by atoms with Crippen LogP contribution in [0.3, 0.4) is 0 Å². The molecule has 3 heteroatoms. The van der Waals surface area contributed by atoms with E-state index in [2.05, 4.69) is 0 Å². The zero-order valence-corrected chi connectivity index (χ0v) is 11.6. The Bertz CT molecular complexity index is 533. The first-order valence-corrected chi connectivity index (χ1v) is 6.78. The zero-order valence-electron chi connectivity index (χ0n) is 10.8. The van der Waals surface area contributed by atoms with Crippen LogP contribution < -0.4 is 4.74 Å². The third kappa shape index (κ3) is 2.62. The molecule has 1 aromatic carbocycles. The van der Waals surface area contributed by atoms with Crippen LogP contribution in [0.25, 0.3) is 0 Å². The molecule has 0 unspecified atom stereocenters. The summed E-state index contributed by atoms with van der Waals surface area (Å²) in [5, 5.41) is 0. The number of ketones is 1. The average molecular weight is 260 g/mol. The Morgan fingerprint density at radius 3 is 2.39 bits per heavy atom. The molecule has 18 heavy (non-hydrogen) atoms. The quantitative estimate of drug-likeness (QED) is 0.777. The monoisotopic (exact) mass is 260 g/mol. The average Bonchev–Trinajstić information content (AvgIpc) is 2.70. The summed E-state index contributed by atoms with van der Waals surface area (Å²) >= 11 is 1.55. The number of thiophene rings is 1. The topological polar surface area (TPSA) is 26.3 Å². The fourth-order valence-corrected chi connectivity index (χ4v) is 2.69.